The summed E-state index contributed by atoms with van der Waals surface area (Å²) in [4.78, 5) is 13.6. The molecule has 1 aliphatic heterocycles. The van der Waals surface area contributed by atoms with Gasteiger partial charge in [-0.2, -0.15) is 15.0 Å². The normalized spacial score (nSPS) is 20.1. The number of rotatable bonds is 5. The molecule has 0 saturated carbocycles. The van der Waals surface area contributed by atoms with Crippen molar-refractivity contribution >= 4 is 11.9 Å². The van der Waals surface area contributed by atoms with E-state index in [9.17, 15) is 0 Å². The first kappa shape index (κ1) is 16.3. The summed E-state index contributed by atoms with van der Waals surface area (Å²) in [6, 6.07) is 6.19. The van der Waals surface area contributed by atoms with Gasteiger partial charge in [0.15, 0.2) is 5.82 Å². The van der Waals surface area contributed by atoms with Gasteiger partial charge < -0.3 is 25.8 Å². The molecular weight excluding hydrogens is 308 g/mol. The van der Waals surface area contributed by atoms with Crippen molar-refractivity contribution in [3.05, 3.63) is 29.6 Å². The van der Waals surface area contributed by atoms with Crippen molar-refractivity contribution in [2.24, 2.45) is 0 Å². The lowest BCUT2D eigenvalue weighted by molar-refractivity contribution is -0.932. The second-order valence-electron chi connectivity index (χ2n) is 5.86. The first-order valence-corrected chi connectivity index (χ1v) is 7.93. The molecule has 0 bridgehead atoms. The Morgan fingerprint density at radius 1 is 1.12 bits per heavy atom. The van der Waals surface area contributed by atoms with Crippen molar-refractivity contribution in [3.8, 4) is 11.5 Å². The highest BCUT2D eigenvalue weighted by Crippen LogP contribution is 2.31. The number of likely N-dealkylation sites (tertiary alicyclic amines) is 1. The van der Waals surface area contributed by atoms with Crippen LogP contribution in [0.3, 0.4) is 0 Å². The summed E-state index contributed by atoms with van der Waals surface area (Å²) in [7, 11) is 3.36. The van der Waals surface area contributed by atoms with Gasteiger partial charge in [-0.15, -0.1) is 0 Å². The summed E-state index contributed by atoms with van der Waals surface area (Å²) in [5.74, 6) is 2.63. The Kier molecular flexibility index (Phi) is 4.66. The fourth-order valence-electron chi connectivity index (χ4n) is 3.35. The monoisotopic (exact) mass is 331 g/mol. The fourth-order valence-corrected chi connectivity index (χ4v) is 3.35. The van der Waals surface area contributed by atoms with Gasteiger partial charge in [0.25, 0.3) is 0 Å². The maximum absolute atomic E-state index is 5.67. The molecule has 1 fully saturated rings. The van der Waals surface area contributed by atoms with Gasteiger partial charge in [-0.1, -0.05) is 0 Å². The van der Waals surface area contributed by atoms with Crippen LogP contribution in [-0.2, 0) is 6.54 Å². The molecule has 1 aromatic heterocycles. The number of ether oxygens (including phenoxy) is 2. The van der Waals surface area contributed by atoms with E-state index in [1.165, 1.54) is 4.90 Å². The molecule has 0 aliphatic carbocycles. The number of anilines is 2. The van der Waals surface area contributed by atoms with Crippen molar-refractivity contribution in [1.29, 1.82) is 0 Å². The van der Waals surface area contributed by atoms with Crippen LogP contribution in [0, 0.1) is 0 Å². The number of hydrogen-bond acceptors (Lipinski definition) is 7. The Labute approximate surface area is 140 Å². The van der Waals surface area contributed by atoms with E-state index in [0.717, 1.165) is 36.4 Å². The van der Waals surface area contributed by atoms with Gasteiger partial charge >= 0.3 is 0 Å². The number of nitrogens with two attached hydrogens (primary N) is 2. The van der Waals surface area contributed by atoms with Crippen LogP contribution in [-0.4, -0.2) is 35.7 Å². The summed E-state index contributed by atoms with van der Waals surface area (Å²) in [6.07, 6.45) is 2.19. The molecule has 1 aromatic carbocycles. The minimum Gasteiger partial charge on any atom is -0.497 e. The standard InChI is InChI=1S/C16H22N6O2/c1-23-10-5-6-13(24-2)11(8-10)12-4-3-7-22(12)9-14-19-15(17)21-16(18)20-14/h5-6,8,12H,3-4,7,9H2,1-2H3,(H4,17,18,19,20,21)/p+1/t12-/m0/s1. The minimum absolute atomic E-state index is 0.159. The molecule has 2 heterocycles. The van der Waals surface area contributed by atoms with E-state index in [0.29, 0.717) is 12.4 Å². The lowest BCUT2D eigenvalue weighted by Gasteiger charge is -2.23. The average Bonchev–Trinajstić information content (AvgIpc) is 3.01. The molecule has 8 nitrogen and oxygen atoms in total. The van der Waals surface area contributed by atoms with E-state index in [4.69, 9.17) is 20.9 Å². The van der Waals surface area contributed by atoms with Gasteiger partial charge in [0, 0.05) is 12.8 Å². The van der Waals surface area contributed by atoms with Crippen LogP contribution in [0.5, 0.6) is 11.5 Å². The molecule has 1 unspecified atom stereocenters. The van der Waals surface area contributed by atoms with Crippen molar-refractivity contribution in [2.45, 2.75) is 25.4 Å². The van der Waals surface area contributed by atoms with Crippen LogP contribution in [0.4, 0.5) is 11.9 Å². The van der Waals surface area contributed by atoms with E-state index in [1.54, 1.807) is 14.2 Å². The smallest absolute Gasteiger partial charge is 0.225 e. The zero-order valence-corrected chi connectivity index (χ0v) is 14.0. The largest absolute Gasteiger partial charge is 0.497 e. The van der Waals surface area contributed by atoms with Crippen LogP contribution < -0.4 is 25.8 Å². The maximum atomic E-state index is 5.67. The van der Waals surface area contributed by atoms with Crippen molar-refractivity contribution in [3.63, 3.8) is 0 Å². The number of methoxy groups -OCH3 is 2. The minimum atomic E-state index is 0.159. The van der Waals surface area contributed by atoms with E-state index >= 15 is 0 Å². The molecule has 128 valence electrons. The van der Waals surface area contributed by atoms with Gasteiger partial charge in [-0.3, -0.25) is 0 Å². The highest BCUT2D eigenvalue weighted by atomic mass is 16.5. The molecule has 2 atom stereocenters. The second kappa shape index (κ2) is 6.88. The summed E-state index contributed by atoms with van der Waals surface area (Å²) in [5, 5.41) is 0. The van der Waals surface area contributed by atoms with E-state index in [2.05, 4.69) is 15.0 Å². The highest BCUT2D eigenvalue weighted by Gasteiger charge is 2.33. The number of nitrogens with one attached hydrogen (secondary N) is 1. The molecular formula is C16H23N6O2+. The predicted molar refractivity (Wildman–Crippen MR) is 89.7 cm³/mol. The Hall–Kier alpha value is -2.61. The molecule has 0 radical (unpaired) electrons. The van der Waals surface area contributed by atoms with Crippen LogP contribution in [0.1, 0.15) is 30.3 Å². The summed E-state index contributed by atoms with van der Waals surface area (Å²) in [6.45, 7) is 1.67. The molecule has 3 rings (SSSR count). The lowest BCUT2D eigenvalue weighted by atomic mass is 10.0. The third-order valence-corrected chi connectivity index (χ3v) is 4.40. The van der Waals surface area contributed by atoms with Crippen LogP contribution in [0.25, 0.3) is 0 Å². The molecule has 8 heteroatoms. The third kappa shape index (κ3) is 3.33. The fraction of sp³-hybridized carbons (Fsp3) is 0.438. The molecule has 1 saturated heterocycles. The first-order chi connectivity index (χ1) is 11.6. The summed E-state index contributed by atoms with van der Waals surface area (Å²) < 4.78 is 10.9. The molecule has 5 N–H and O–H groups in total. The number of aromatic nitrogens is 3. The van der Waals surface area contributed by atoms with E-state index < -0.39 is 0 Å². The molecule has 0 spiro atoms. The number of hydrogen-bond donors (Lipinski definition) is 3. The van der Waals surface area contributed by atoms with Gasteiger partial charge in [0.2, 0.25) is 11.9 Å². The lowest BCUT2D eigenvalue weighted by Crippen LogP contribution is -3.09. The predicted octanol–water partition coefficient (Wildman–Crippen LogP) is -0.0268. The van der Waals surface area contributed by atoms with E-state index in [1.807, 2.05) is 18.2 Å². The second-order valence-corrected chi connectivity index (χ2v) is 5.86. The summed E-state index contributed by atoms with van der Waals surface area (Å²) >= 11 is 0. The first-order valence-electron chi connectivity index (χ1n) is 7.93. The van der Waals surface area contributed by atoms with Gasteiger partial charge in [0.1, 0.15) is 24.1 Å². The van der Waals surface area contributed by atoms with Crippen molar-refractivity contribution < 1.29 is 14.4 Å². The third-order valence-electron chi connectivity index (χ3n) is 4.40. The molecule has 1 aliphatic rings. The Bertz CT molecular complexity index is 703. The molecule has 2 aromatic rings. The quantitative estimate of drug-likeness (QED) is 0.705. The highest BCUT2D eigenvalue weighted by molar-refractivity contribution is 5.41. The molecule has 24 heavy (non-hydrogen) atoms. The van der Waals surface area contributed by atoms with Crippen LogP contribution in [0.15, 0.2) is 18.2 Å². The average molecular weight is 331 g/mol. The zero-order valence-electron chi connectivity index (χ0n) is 14.0. The van der Waals surface area contributed by atoms with Crippen molar-refractivity contribution in [2.75, 3.05) is 32.2 Å². The topological polar surface area (TPSA) is 114 Å². The van der Waals surface area contributed by atoms with Crippen LogP contribution in [0.2, 0.25) is 0 Å². The Morgan fingerprint density at radius 3 is 2.54 bits per heavy atom. The van der Waals surface area contributed by atoms with Crippen LogP contribution >= 0.6 is 0 Å². The van der Waals surface area contributed by atoms with Gasteiger partial charge in [0.05, 0.1) is 26.3 Å². The van der Waals surface area contributed by atoms with E-state index in [-0.39, 0.29) is 17.9 Å². The SMILES string of the molecule is COc1ccc(OC)c([C@@H]2CCC[NH+]2Cc2nc(N)nc(N)n2)c1. The number of nitrogens with zero attached hydrogens (tertiary/aromatic N) is 3. The Balaban J connectivity index is 1.88. The van der Waals surface area contributed by atoms with Crippen molar-refractivity contribution in [1.82, 2.24) is 15.0 Å². The Morgan fingerprint density at radius 2 is 1.88 bits per heavy atom. The zero-order chi connectivity index (χ0) is 17.1. The number of quaternary nitrogens is 1. The number of nitrogen functional groups attached to an aromatic ring is 2. The molecule has 0 amide bonds. The maximum Gasteiger partial charge on any atom is 0.225 e. The summed E-state index contributed by atoms with van der Waals surface area (Å²) in [5.41, 5.74) is 12.5. The van der Waals surface area contributed by atoms with Gasteiger partial charge in [-0.25, -0.2) is 0 Å². The number of benzene rings is 1. The van der Waals surface area contributed by atoms with Gasteiger partial charge in [-0.05, 0) is 18.2 Å².